The van der Waals surface area contributed by atoms with Gasteiger partial charge in [0.2, 0.25) is 5.91 Å². The molecule has 0 atom stereocenters. The second-order valence-electron chi connectivity index (χ2n) is 6.63. The van der Waals surface area contributed by atoms with Crippen molar-refractivity contribution < 1.29 is 14.3 Å². The topological polar surface area (TPSA) is 80.3 Å². The minimum absolute atomic E-state index is 0.00131. The molecule has 0 aliphatic carbocycles. The summed E-state index contributed by atoms with van der Waals surface area (Å²) in [5.41, 5.74) is 5.04. The van der Waals surface area contributed by atoms with E-state index >= 15 is 0 Å². The Morgan fingerprint density at radius 2 is 2.04 bits per heavy atom. The van der Waals surface area contributed by atoms with Crippen LogP contribution < -0.4 is 10.6 Å². The number of aryl methyl sites for hydroxylation is 2. The van der Waals surface area contributed by atoms with Crippen LogP contribution in [0.5, 0.6) is 0 Å². The van der Waals surface area contributed by atoms with Crippen molar-refractivity contribution in [2.24, 2.45) is 0 Å². The fraction of sp³-hybridized carbons (Fsp3) is 0.190. The van der Waals surface area contributed by atoms with Crippen LogP contribution in [-0.4, -0.2) is 16.9 Å². The smallest absolute Gasteiger partial charge is 0.338 e. The minimum atomic E-state index is -0.402. The van der Waals surface area contributed by atoms with Crippen molar-refractivity contribution >= 4 is 39.7 Å². The standard InChI is InChI=1S/C21H19N3O3S/c1-13-2-6-16(7-3-13)22-21-23-17(12-28-21)11-27-20(26)15-4-8-18-14(10-15)5-9-19(25)24-18/h2-4,6-8,10,12H,5,9,11H2,1H3,(H,22,23)(H,24,25). The monoisotopic (exact) mass is 393 g/mol. The summed E-state index contributed by atoms with van der Waals surface area (Å²) in [6.45, 7) is 2.15. The summed E-state index contributed by atoms with van der Waals surface area (Å²) >= 11 is 1.46. The third kappa shape index (κ3) is 4.20. The van der Waals surface area contributed by atoms with Crippen LogP contribution in [0, 0.1) is 6.92 Å². The molecule has 2 heterocycles. The van der Waals surface area contributed by atoms with Crippen molar-refractivity contribution in [3.63, 3.8) is 0 Å². The van der Waals surface area contributed by atoms with Crippen LogP contribution in [0.3, 0.4) is 0 Å². The zero-order valence-corrected chi connectivity index (χ0v) is 16.1. The molecule has 6 nitrogen and oxygen atoms in total. The number of carbonyl (C=O) groups excluding carboxylic acids is 2. The Kier molecular flexibility index (Phi) is 5.08. The number of esters is 1. The van der Waals surface area contributed by atoms with E-state index in [1.807, 2.05) is 36.6 Å². The lowest BCUT2D eigenvalue weighted by Gasteiger charge is -2.17. The molecule has 1 aliphatic heterocycles. The fourth-order valence-corrected chi connectivity index (χ4v) is 3.64. The largest absolute Gasteiger partial charge is 0.456 e. The molecular weight excluding hydrogens is 374 g/mol. The highest BCUT2D eigenvalue weighted by molar-refractivity contribution is 7.13. The van der Waals surface area contributed by atoms with E-state index in [2.05, 4.69) is 15.6 Å². The van der Waals surface area contributed by atoms with Gasteiger partial charge in [0.25, 0.3) is 0 Å². The number of hydrogen-bond donors (Lipinski definition) is 2. The molecule has 2 aromatic carbocycles. The summed E-state index contributed by atoms with van der Waals surface area (Å²) < 4.78 is 5.40. The summed E-state index contributed by atoms with van der Waals surface area (Å²) in [6, 6.07) is 13.2. The van der Waals surface area contributed by atoms with Crippen LogP contribution >= 0.6 is 11.3 Å². The van der Waals surface area contributed by atoms with Crippen LogP contribution in [0.15, 0.2) is 47.8 Å². The lowest BCUT2D eigenvalue weighted by atomic mass is 10.0. The first kappa shape index (κ1) is 18.2. The van der Waals surface area contributed by atoms with E-state index in [9.17, 15) is 9.59 Å². The van der Waals surface area contributed by atoms with Gasteiger partial charge in [-0.05, 0) is 49.2 Å². The number of hydrogen-bond acceptors (Lipinski definition) is 6. The van der Waals surface area contributed by atoms with Crippen molar-refractivity contribution in [3.8, 4) is 0 Å². The number of rotatable bonds is 5. The van der Waals surface area contributed by atoms with Crippen LogP contribution in [0.25, 0.3) is 0 Å². The molecule has 142 valence electrons. The van der Waals surface area contributed by atoms with Gasteiger partial charge in [-0.3, -0.25) is 4.79 Å². The average Bonchev–Trinajstić information content (AvgIpc) is 3.15. The van der Waals surface area contributed by atoms with Gasteiger partial charge in [0.05, 0.1) is 11.3 Å². The van der Waals surface area contributed by atoms with Gasteiger partial charge in [0, 0.05) is 23.2 Å². The molecule has 4 rings (SSSR count). The molecule has 28 heavy (non-hydrogen) atoms. The summed E-state index contributed by atoms with van der Waals surface area (Å²) in [4.78, 5) is 28.2. The number of amides is 1. The Morgan fingerprint density at radius 3 is 2.86 bits per heavy atom. The third-order valence-corrected chi connectivity index (χ3v) is 5.25. The number of carbonyl (C=O) groups is 2. The summed E-state index contributed by atoms with van der Waals surface area (Å²) in [5, 5.41) is 8.66. The quantitative estimate of drug-likeness (QED) is 0.627. The van der Waals surface area contributed by atoms with Gasteiger partial charge in [-0.15, -0.1) is 11.3 Å². The van der Waals surface area contributed by atoms with Gasteiger partial charge in [-0.25, -0.2) is 9.78 Å². The lowest BCUT2D eigenvalue weighted by Crippen LogP contribution is -2.19. The van der Waals surface area contributed by atoms with Crippen LogP contribution in [0.1, 0.15) is 33.6 Å². The van der Waals surface area contributed by atoms with Crippen molar-refractivity contribution in [3.05, 3.63) is 70.2 Å². The number of nitrogens with zero attached hydrogens (tertiary/aromatic N) is 1. The van der Waals surface area contributed by atoms with Crippen LogP contribution in [0.4, 0.5) is 16.5 Å². The highest BCUT2D eigenvalue weighted by Crippen LogP contribution is 2.25. The first-order chi connectivity index (χ1) is 13.6. The van der Waals surface area contributed by atoms with E-state index in [1.54, 1.807) is 18.2 Å². The summed E-state index contributed by atoms with van der Waals surface area (Å²) in [5.74, 6) is -0.401. The first-order valence-corrected chi connectivity index (χ1v) is 9.83. The Morgan fingerprint density at radius 1 is 1.21 bits per heavy atom. The average molecular weight is 393 g/mol. The third-order valence-electron chi connectivity index (χ3n) is 4.44. The molecule has 0 spiro atoms. The van der Waals surface area contributed by atoms with Gasteiger partial charge in [-0.1, -0.05) is 17.7 Å². The zero-order valence-electron chi connectivity index (χ0n) is 15.3. The van der Waals surface area contributed by atoms with Gasteiger partial charge >= 0.3 is 5.97 Å². The van der Waals surface area contributed by atoms with Crippen molar-refractivity contribution in [2.75, 3.05) is 10.6 Å². The van der Waals surface area contributed by atoms with Crippen molar-refractivity contribution in [1.29, 1.82) is 0 Å². The maximum Gasteiger partial charge on any atom is 0.338 e. The van der Waals surface area contributed by atoms with E-state index in [0.29, 0.717) is 24.1 Å². The number of nitrogens with one attached hydrogen (secondary N) is 2. The van der Waals surface area contributed by atoms with E-state index in [4.69, 9.17) is 4.74 Å². The van der Waals surface area contributed by atoms with Crippen molar-refractivity contribution in [1.82, 2.24) is 4.98 Å². The molecule has 3 aromatic rings. The highest BCUT2D eigenvalue weighted by atomic mass is 32.1. The first-order valence-electron chi connectivity index (χ1n) is 8.95. The molecule has 0 bridgehead atoms. The minimum Gasteiger partial charge on any atom is -0.456 e. The predicted molar refractivity (Wildman–Crippen MR) is 109 cm³/mol. The number of aromatic nitrogens is 1. The SMILES string of the molecule is Cc1ccc(Nc2nc(COC(=O)c3ccc4c(c3)CCC(=O)N4)cs2)cc1. The van der Waals surface area contributed by atoms with E-state index in [-0.39, 0.29) is 12.5 Å². The Balaban J connectivity index is 1.35. The fourth-order valence-electron chi connectivity index (χ4n) is 2.92. The van der Waals surface area contributed by atoms with Gasteiger partial charge < -0.3 is 15.4 Å². The number of anilines is 3. The van der Waals surface area contributed by atoms with Gasteiger partial charge in [0.15, 0.2) is 5.13 Å². The molecule has 0 radical (unpaired) electrons. The molecule has 1 aromatic heterocycles. The van der Waals surface area contributed by atoms with Crippen LogP contribution in [0.2, 0.25) is 0 Å². The van der Waals surface area contributed by atoms with E-state index in [0.717, 1.165) is 22.1 Å². The Bertz CT molecular complexity index is 1030. The summed E-state index contributed by atoms with van der Waals surface area (Å²) in [7, 11) is 0. The summed E-state index contributed by atoms with van der Waals surface area (Å²) in [6.07, 6.45) is 1.06. The van der Waals surface area contributed by atoms with E-state index < -0.39 is 5.97 Å². The highest BCUT2D eigenvalue weighted by Gasteiger charge is 2.17. The van der Waals surface area contributed by atoms with E-state index in [1.165, 1.54) is 16.9 Å². The zero-order chi connectivity index (χ0) is 19.5. The molecule has 2 N–H and O–H groups in total. The molecule has 0 saturated carbocycles. The second kappa shape index (κ2) is 7.82. The Labute approximate surface area is 166 Å². The van der Waals surface area contributed by atoms with Crippen LogP contribution in [-0.2, 0) is 22.6 Å². The number of fused-ring (bicyclic) bond motifs is 1. The molecule has 1 amide bonds. The maximum absolute atomic E-state index is 12.3. The number of benzene rings is 2. The molecule has 0 unspecified atom stereocenters. The van der Waals surface area contributed by atoms with Crippen molar-refractivity contribution in [2.45, 2.75) is 26.4 Å². The molecule has 7 heteroatoms. The number of ether oxygens (including phenoxy) is 1. The second-order valence-corrected chi connectivity index (χ2v) is 7.49. The number of thiazole rings is 1. The van der Waals surface area contributed by atoms with Gasteiger partial charge in [0.1, 0.15) is 6.61 Å². The maximum atomic E-state index is 12.3. The molecule has 1 aliphatic rings. The Hall–Kier alpha value is -3.19. The normalized spacial score (nSPS) is 12.8. The molecular formula is C21H19N3O3S. The van der Waals surface area contributed by atoms with Gasteiger partial charge in [-0.2, -0.15) is 0 Å². The predicted octanol–water partition coefficient (Wildman–Crippen LogP) is 4.44. The lowest BCUT2D eigenvalue weighted by molar-refractivity contribution is -0.116. The molecule has 0 fully saturated rings. The molecule has 0 saturated heterocycles.